The van der Waals surface area contributed by atoms with Crippen LogP contribution in [0.5, 0.6) is 17.4 Å². The minimum absolute atomic E-state index is 0.111. The van der Waals surface area contributed by atoms with Gasteiger partial charge >= 0.3 is 0 Å². The molecule has 0 atom stereocenters. The number of hydrogen-bond donors (Lipinski definition) is 4. The van der Waals surface area contributed by atoms with Gasteiger partial charge in [-0.15, -0.1) is 0 Å². The summed E-state index contributed by atoms with van der Waals surface area (Å²) in [6.45, 7) is 0. The molecule has 0 aliphatic heterocycles. The summed E-state index contributed by atoms with van der Waals surface area (Å²) in [5, 5.41) is 27.5. The van der Waals surface area contributed by atoms with E-state index in [2.05, 4.69) is 9.97 Å². The zero-order chi connectivity index (χ0) is 11.7. The molecule has 1 aromatic heterocycles. The van der Waals surface area contributed by atoms with Crippen molar-refractivity contribution in [3.63, 3.8) is 0 Å². The van der Waals surface area contributed by atoms with E-state index in [0.717, 1.165) is 6.07 Å². The molecule has 82 valence electrons. The summed E-state index contributed by atoms with van der Waals surface area (Å²) in [6.07, 6.45) is 0. The van der Waals surface area contributed by atoms with Gasteiger partial charge in [-0.1, -0.05) is 0 Å². The van der Waals surface area contributed by atoms with Gasteiger partial charge in [0, 0.05) is 5.56 Å². The Hall–Kier alpha value is -2.50. The van der Waals surface area contributed by atoms with Crippen LogP contribution in [-0.2, 0) is 0 Å². The molecule has 0 saturated heterocycles. The number of hydrogen-bond acceptors (Lipinski definition) is 5. The van der Waals surface area contributed by atoms with Gasteiger partial charge in [-0.2, -0.15) is 4.98 Å². The van der Waals surface area contributed by atoms with Crippen LogP contribution >= 0.6 is 0 Å². The monoisotopic (exact) mass is 220 g/mol. The quantitative estimate of drug-likeness (QED) is 0.525. The number of aromatic hydroxyl groups is 3. The standard InChI is InChI=1S/C10H8N2O4/c13-6-2-1-5(3-7(6)14)10-11-8(15)4-9(16)12-10/h1-4,13-14H,(H2,11,12,15,16). The second-order valence-corrected chi connectivity index (χ2v) is 3.16. The largest absolute Gasteiger partial charge is 0.504 e. The third-order valence-electron chi connectivity index (χ3n) is 1.98. The average molecular weight is 220 g/mol. The molecule has 0 aliphatic rings. The Kier molecular flexibility index (Phi) is 2.24. The van der Waals surface area contributed by atoms with Crippen molar-refractivity contribution in [2.45, 2.75) is 0 Å². The molecule has 4 N–H and O–H groups in total. The average Bonchev–Trinajstić information content (AvgIpc) is 2.20. The van der Waals surface area contributed by atoms with Crippen molar-refractivity contribution in [1.29, 1.82) is 0 Å². The van der Waals surface area contributed by atoms with Crippen molar-refractivity contribution in [1.82, 2.24) is 9.97 Å². The van der Waals surface area contributed by atoms with Crippen molar-refractivity contribution in [3.05, 3.63) is 34.6 Å². The van der Waals surface area contributed by atoms with Crippen LogP contribution in [0.3, 0.4) is 0 Å². The van der Waals surface area contributed by atoms with Crippen LogP contribution in [0.4, 0.5) is 0 Å². The van der Waals surface area contributed by atoms with Crippen molar-refractivity contribution in [2.75, 3.05) is 0 Å². The van der Waals surface area contributed by atoms with E-state index in [9.17, 15) is 9.90 Å². The maximum Gasteiger partial charge on any atom is 0.254 e. The first-order chi connectivity index (χ1) is 7.56. The molecule has 0 fully saturated rings. The Labute approximate surface area is 89.5 Å². The van der Waals surface area contributed by atoms with Crippen molar-refractivity contribution >= 4 is 0 Å². The van der Waals surface area contributed by atoms with Gasteiger partial charge in [0.2, 0.25) is 5.88 Å². The Balaban J connectivity index is 2.58. The zero-order valence-corrected chi connectivity index (χ0v) is 8.01. The van der Waals surface area contributed by atoms with Gasteiger partial charge in [0.05, 0.1) is 6.07 Å². The molecule has 2 aromatic rings. The second kappa shape index (κ2) is 3.58. The van der Waals surface area contributed by atoms with E-state index in [4.69, 9.17) is 10.2 Å². The zero-order valence-electron chi connectivity index (χ0n) is 8.01. The Morgan fingerprint density at radius 2 is 1.81 bits per heavy atom. The smallest absolute Gasteiger partial charge is 0.254 e. The van der Waals surface area contributed by atoms with Gasteiger partial charge < -0.3 is 20.3 Å². The van der Waals surface area contributed by atoms with E-state index in [0.29, 0.717) is 5.56 Å². The number of phenols is 2. The molecule has 6 nitrogen and oxygen atoms in total. The van der Waals surface area contributed by atoms with Crippen LogP contribution in [0.15, 0.2) is 29.1 Å². The topological polar surface area (TPSA) is 106 Å². The summed E-state index contributed by atoms with van der Waals surface area (Å²) < 4.78 is 0. The van der Waals surface area contributed by atoms with E-state index in [-0.39, 0.29) is 17.3 Å². The molecule has 2 rings (SSSR count). The third-order valence-corrected chi connectivity index (χ3v) is 1.98. The summed E-state index contributed by atoms with van der Waals surface area (Å²) in [7, 11) is 0. The molecule has 0 amide bonds. The molecule has 0 saturated carbocycles. The normalized spacial score (nSPS) is 10.2. The SMILES string of the molecule is O=c1cc(O)nc(-c2ccc(O)c(O)c2)[nH]1. The van der Waals surface area contributed by atoms with Crippen LogP contribution in [-0.4, -0.2) is 25.3 Å². The number of H-pyrrole nitrogens is 1. The lowest BCUT2D eigenvalue weighted by atomic mass is 10.2. The highest BCUT2D eigenvalue weighted by Crippen LogP contribution is 2.28. The summed E-state index contributed by atoms with van der Waals surface area (Å²) in [6, 6.07) is 4.87. The fraction of sp³-hybridized carbons (Fsp3) is 0. The molecule has 0 radical (unpaired) electrons. The highest BCUT2D eigenvalue weighted by molar-refractivity contribution is 5.60. The molecule has 0 unspecified atom stereocenters. The number of phenolic OH excluding ortho intramolecular Hbond substituents is 2. The van der Waals surface area contributed by atoms with E-state index in [1.54, 1.807) is 0 Å². The first-order valence-electron chi connectivity index (χ1n) is 4.39. The predicted octanol–water partition coefficient (Wildman–Crippen LogP) is 0.554. The molecular weight excluding hydrogens is 212 g/mol. The fourth-order valence-corrected chi connectivity index (χ4v) is 1.25. The highest BCUT2D eigenvalue weighted by Gasteiger charge is 2.06. The second-order valence-electron chi connectivity index (χ2n) is 3.16. The fourth-order valence-electron chi connectivity index (χ4n) is 1.25. The first kappa shape index (κ1) is 10.0. The van der Waals surface area contributed by atoms with Gasteiger partial charge in [0.25, 0.3) is 5.56 Å². The summed E-state index contributed by atoms with van der Waals surface area (Å²) in [4.78, 5) is 17.1. The Bertz CT molecular complexity index is 592. The lowest BCUT2D eigenvalue weighted by Crippen LogP contribution is -2.06. The van der Waals surface area contributed by atoms with E-state index in [1.807, 2.05) is 0 Å². The molecule has 1 heterocycles. The van der Waals surface area contributed by atoms with Crippen LogP contribution in [0, 0.1) is 0 Å². The van der Waals surface area contributed by atoms with Crippen LogP contribution in [0.2, 0.25) is 0 Å². The van der Waals surface area contributed by atoms with Gasteiger partial charge in [-0.3, -0.25) is 4.79 Å². The van der Waals surface area contributed by atoms with Crippen molar-refractivity contribution < 1.29 is 15.3 Å². The molecule has 6 heteroatoms. The molecular formula is C10H8N2O4. The first-order valence-corrected chi connectivity index (χ1v) is 4.39. The number of aromatic nitrogens is 2. The number of nitrogens with zero attached hydrogens (tertiary/aromatic N) is 1. The Morgan fingerprint density at radius 1 is 1.06 bits per heavy atom. The van der Waals surface area contributed by atoms with Gasteiger partial charge in [0.1, 0.15) is 5.82 Å². The minimum atomic E-state index is -0.505. The molecule has 16 heavy (non-hydrogen) atoms. The summed E-state index contributed by atoms with van der Waals surface area (Å²) in [5.41, 5.74) is -0.127. The van der Waals surface area contributed by atoms with Crippen molar-refractivity contribution in [3.8, 4) is 28.8 Å². The maximum atomic E-state index is 11.1. The van der Waals surface area contributed by atoms with Crippen molar-refractivity contribution in [2.24, 2.45) is 0 Å². The molecule has 0 bridgehead atoms. The van der Waals surface area contributed by atoms with E-state index >= 15 is 0 Å². The molecule has 1 aromatic carbocycles. The maximum absolute atomic E-state index is 11.1. The van der Waals surface area contributed by atoms with E-state index in [1.165, 1.54) is 18.2 Å². The predicted molar refractivity (Wildman–Crippen MR) is 55.3 cm³/mol. The molecule has 0 spiro atoms. The highest BCUT2D eigenvalue weighted by atomic mass is 16.3. The third kappa shape index (κ3) is 1.81. The number of aromatic amines is 1. The van der Waals surface area contributed by atoms with Gasteiger partial charge in [-0.25, -0.2) is 0 Å². The summed E-state index contributed by atoms with van der Waals surface area (Å²) in [5.74, 6) is -0.902. The number of rotatable bonds is 1. The molecule has 0 aliphatic carbocycles. The lowest BCUT2D eigenvalue weighted by molar-refractivity contribution is 0.404. The lowest BCUT2D eigenvalue weighted by Gasteiger charge is -2.02. The Morgan fingerprint density at radius 3 is 2.44 bits per heavy atom. The number of benzene rings is 1. The van der Waals surface area contributed by atoms with Gasteiger partial charge in [0.15, 0.2) is 11.5 Å². The summed E-state index contributed by atoms with van der Waals surface area (Å²) >= 11 is 0. The van der Waals surface area contributed by atoms with Crippen LogP contribution < -0.4 is 5.56 Å². The minimum Gasteiger partial charge on any atom is -0.504 e. The van der Waals surface area contributed by atoms with Gasteiger partial charge in [-0.05, 0) is 18.2 Å². The van der Waals surface area contributed by atoms with Crippen LogP contribution in [0.1, 0.15) is 0 Å². The van der Waals surface area contributed by atoms with Crippen LogP contribution in [0.25, 0.3) is 11.4 Å². The number of nitrogens with one attached hydrogen (secondary N) is 1. The van der Waals surface area contributed by atoms with E-state index < -0.39 is 11.4 Å².